The molecular formula is C13H11FO2. The first-order chi connectivity index (χ1) is 7.75. The molecule has 1 aromatic carbocycles. The second kappa shape index (κ2) is 4.75. The third-order valence-electron chi connectivity index (χ3n) is 2.33. The van der Waals surface area contributed by atoms with Gasteiger partial charge in [0, 0.05) is 12.8 Å². The number of hydrogen-bond acceptors (Lipinski definition) is 2. The molecular weight excluding hydrogens is 207 g/mol. The van der Waals surface area contributed by atoms with E-state index in [9.17, 15) is 9.18 Å². The highest BCUT2D eigenvalue weighted by atomic mass is 19.1. The van der Waals surface area contributed by atoms with Crippen LogP contribution in [0.4, 0.5) is 4.39 Å². The summed E-state index contributed by atoms with van der Waals surface area (Å²) >= 11 is 0. The average molecular weight is 218 g/mol. The Morgan fingerprint density at radius 1 is 1.19 bits per heavy atom. The van der Waals surface area contributed by atoms with E-state index in [2.05, 4.69) is 0 Å². The quantitative estimate of drug-likeness (QED) is 0.789. The van der Waals surface area contributed by atoms with E-state index in [0.717, 1.165) is 5.56 Å². The van der Waals surface area contributed by atoms with Crippen LogP contribution in [0.1, 0.15) is 11.1 Å². The Kier molecular flexibility index (Phi) is 3.15. The standard InChI is InChI=1S/C13H11FO2/c14-13-4-2-1-3-11(13)8-12(15)7-10-5-6-16-9-10/h1-6,9H,7-8H2. The van der Waals surface area contributed by atoms with Crippen LogP contribution in [0.2, 0.25) is 0 Å². The molecule has 0 aliphatic heterocycles. The van der Waals surface area contributed by atoms with Crippen LogP contribution in [-0.4, -0.2) is 5.78 Å². The van der Waals surface area contributed by atoms with E-state index < -0.39 is 0 Å². The van der Waals surface area contributed by atoms with Crippen molar-refractivity contribution in [2.24, 2.45) is 0 Å². The number of furan rings is 1. The van der Waals surface area contributed by atoms with Gasteiger partial charge in [-0.05, 0) is 23.3 Å². The Morgan fingerprint density at radius 3 is 2.69 bits per heavy atom. The first-order valence-electron chi connectivity index (χ1n) is 5.02. The molecule has 0 aliphatic rings. The van der Waals surface area contributed by atoms with Gasteiger partial charge in [0.2, 0.25) is 0 Å². The monoisotopic (exact) mass is 218 g/mol. The van der Waals surface area contributed by atoms with Crippen LogP contribution in [0.3, 0.4) is 0 Å². The van der Waals surface area contributed by atoms with Crippen molar-refractivity contribution in [1.29, 1.82) is 0 Å². The molecule has 0 atom stereocenters. The number of halogens is 1. The second-order valence-electron chi connectivity index (χ2n) is 3.62. The zero-order valence-corrected chi connectivity index (χ0v) is 8.65. The minimum absolute atomic E-state index is 0.0218. The first kappa shape index (κ1) is 10.6. The van der Waals surface area contributed by atoms with Crippen LogP contribution < -0.4 is 0 Å². The summed E-state index contributed by atoms with van der Waals surface area (Å²) in [4.78, 5) is 11.6. The van der Waals surface area contributed by atoms with Gasteiger partial charge in [0.15, 0.2) is 0 Å². The zero-order valence-electron chi connectivity index (χ0n) is 8.65. The maximum absolute atomic E-state index is 13.3. The summed E-state index contributed by atoms with van der Waals surface area (Å²) in [5, 5.41) is 0. The Hall–Kier alpha value is -1.90. The molecule has 0 radical (unpaired) electrons. The van der Waals surface area contributed by atoms with Crippen molar-refractivity contribution in [2.45, 2.75) is 12.8 Å². The van der Waals surface area contributed by atoms with Crippen molar-refractivity contribution in [3.05, 3.63) is 59.8 Å². The van der Waals surface area contributed by atoms with Crippen molar-refractivity contribution in [3.8, 4) is 0 Å². The average Bonchev–Trinajstić information content (AvgIpc) is 2.74. The van der Waals surface area contributed by atoms with Crippen molar-refractivity contribution >= 4 is 5.78 Å². The molecule has 0 spiro atoms. The van der Waals surface area contributed by atoms with Crippen LogP contribution in [-0.2, 0) is 17.6 Å². The lowest BCUT2D eigenvalue weighted by molar-refractivity contribution is -0.117. The molecule has 82 valence electrons. The number of Topliss-reactive ketones (excluding diaryl/α,β-unsaturated/α-hetero) is 1. The van der Waals surface area contributed by atoms with Gasteiger partial charge in [0.1, 0.15) is 11.6 Å². The first-order valence-corrected chi connectivity index (χ1v) is 5.02. The van der Waals surface area contributed by atoms with Crippen LogP contribution >= 0.6 is 0 Å². The van der Waals surface area contributed by atoms with Gasteiger partial charge in [0.25, 0.3) is 0 Å². The van der Waals surface area contributed by atoms with Gasteiger partial charge in [-0.25, -0.2) is 4.39 Å². The van der Waals surface area contributed by atoms with Gasteiger partial charge in [-0.15, -0.1) is 0 Å². The van der Waals surface area contributed by atoms with Crippen molar-refractivity contribution < 1.29 is 13.6 Å². The molecule has 0 bridgehead atoms. The lowest BCUT2D eigenvalue weighted by Crippen LogP contribution is -2.07. The maximum atomic E-state index is 13.3. The van der Waals surface area contributed by atoms with Gasteiger partial charge in [-0.1, -0.05) is 18.2 Å². The molecule has 0 saturated carbocycles. The van der Waals surface area contributed by atoms with E-state index in [-0.39, 0.29) is 24.4 Å². The topological polar surface area (TPSA) is 30.2 Å². The Balaban J connectivity index is 2.00. The van der Waals surface area contributed by atoms with Gasteiger partial charge >= 0.3 is 0 Å². The summed E-state index contributed by atoms with van der Waals surface area (Å²) in [7, 11) is 0. The predicted octanol–water partition coefficient (Wildman–Crippen LogP) is 2.77. The highest BCUT2D eigenvalue weighted by Gasteiger charge is 2.08. The Bertz CT molecular complexity index is 474. The SMILES string of the molecule is O=C(Cc1ccoc1)Cc1ccccc1F. The van der Waals surface area contributed by atoms with E-state index in [4.69, 9.17) is 4.42 Å². The summed E-state index contributed by atoms with van der Waals surface area (Å²) in [5.74, 6) is -0.352. The molecule has 3 heteroatoms. The predicted molar refractivity (Wildman–Crippen MR) is 57.5 cm³/mol. The third-order valence-corrected chi connectivity index (χ3v) is 2.33. The molecule has 0 N–H and O–H groups in total. The largest absolute Gasteiger partial charge is 0.472 e. The van der Waals surface area contributed by atoms with E-state index >= 15 is 0 Å². The van der Waals surface area contributed by atoms with Crippen LogP contribution in [0, 0.1) is 5.82 Å². The fraction of sp³-hybridized carbons (Fsp3) is 0.154. The van der Waals surface area contributed by atoms with Crippen molar-refractivity contribution in [1.82, 2.24) is 0 Å². The Labute approximate surface area is 92.7 Å². The summed E-state index contributed by atoms with van der Waals surface area (Å²) in [6.45, 7) is 0. The molecule has 0 amide bonds. The molecule has 1 aromatic heterocycles. The number of carbonyl (C=O) groups excluding carboxylic acids is 1. The number of rotatable bonds is 4. The summed E-state index contributed by atoms with van der Waals surface area (Å²) in [6.07, 6.45) is 3.45. The summed E-state index contributed by atoms with van der Waals surface area (Å²) in [5.41, 5.74) is 1.26. The molecule has 0 fully saturated rings. The molecule has 2 nitrogen and oxygen atoms in total. The van der Waals surface area contributed by atoms with E-state index in [1.54, 1.807) is 24.3 Å². The second-order valence-corrected chi connectivity index (χ2v) is 3.62. The highest BCUT2D eigenvalue weighted by molar-refractivity contribution is 5.83. The van der Waals surface area contributed by atoms with Crippen LogP contribution in [0.15, 0.2) is 47.3 Å². The number of ketones is 1. The van der Waals surface area contributed by atoms with E-state index in [1.165, 1.54) is 18.6 Å². The molecule has 0 unspecified atom stereocenters. The van der Waals surface area contributed by atoms with Gasteiger partial charge in [0.05, 0.1) is 12.5 Å². The van der Waals surface area contributed by atoms with Gasteiger partial charge in [-0.2, -0.15) is 0 Å². The third kappa shape index (κ3) is 2.57. The zero-order chi connectivity index (χ0) is 11.4. The van der Waals surface area contributed by atoms with Crippen molar-refractivity contribution in [3.63, 3.8) is 0 Å². The van der Waals surface area contributed by atoms with Crippen molar-refractivity contribution in [2.75, 3.05) is 0 Å². The highest BCUT2D eigenvalue weighted by Crippen LogP contribution is 2.09. The lowest BCUT2D eigenvalue weighted by atomic mass is 10.0. The molecule has 2 rings (SSSR count). The molecule has 16 heavy (non-hydrogen) atoms. The molecule has 0 saturated heterocycles. The molecule has 1 heterocycles. The van der Waals surface area contributed by atoms with Gasteiger partial charge < -0.3 is 4.42 Å². The number of hydrogen-bond donors (Lipinski definition) is 0. The minimum Gasteiger partial charge on any atom is -0.472 e. The van der Waals surface area contributed by atoms with E-state index in [1.807, 2.05) is 0 Å². The minimum atomic E-state index is -0.331. The van der Waals surface area contributed by atoms with Crippen LogP contribution in [0.5, 0.6) is 0 Å². The maximum Gasteiger partial charge on any atom is 0.141 e. The fourth-order valence-electron chi connectivity index (χ4n) is 1.54. The van der Waals surface area contributed by atoms with Crippen LogP contribution in [0.25, 0.3) is 0 Å². The normalized spacial score (nSPS) is 10.3. The molecule has 0 aliphatic carbocycles. The summed E-state index contributed by atoms with van der Waals surface area (Å²) < 4.78 is 18.1. The van der Waals surface area contributed by atoms with E-state index in [0.29, 0.717) is 5.56 Å². The summed E-state index contributed by atoms with van der Waals surface area (Å²) in [6, 6.07) is 8.06. The fourth-order valence-corrected chi connectivity index (χ4v) is 1.54. The Morgan fingerprint density at radius 2 is 2.00 bits per heavy atom. The number of benzene rings is 1. The van der Waals surface area contributed by atoms with Gasteiger partial charge in [-0.3, -0.25) is 4.79 Å². The molecule has 2 aromatic rings. The smallest absolute Gasteiger partial charge is 0.141 e. The number of carbonyl (C=O) groups is 1. The lowest BCUT2D eigenvalue weighted by Gasteiger charge is -2.01.